The Hall–Kier alpha value is -1.83. The standard InChI is InChI=1S/C11H16N6OS/c1-4-17(5-2)9-14-8(12)15-10(16-9)19-11-13-7(3)6-18-11/h6H,4-5H2,1-3H3,(H2,12,14,15,16). The topological polar surface area (TPSA) is 94.0 Å². The Morgan fingerprint density at radius 2 is 1.95 bits per heavy atom. The van der Waals surface area contributed by atoms with Gasteiger partial charge in [-0.05, 0) is 20.8 Å². The van der Waals surface area contributed by atoms with E-state index in [2.05, 4.69) is 19.9 Å². The van der Waals surface area contributed by atoms with Crippen LogP contribution < -0.4 is 10.6 Å². The van der Waals surface area contributed by atoms with Gasteiger partial charge in [0.15, 0.2) is 0 Å². The van der Waals surface area contributed by atoms with Gasteiger partial charge in [-0.3, -0.25) is 0 Å². The third kappa shape index (κ3) is 3.34. The summed E-state index contributed by atoms with van der Waals surface area (Å²) in [7, 11) is 0. The molecule has 0 bridgehead atoms. The van der Waals surface area contributed by atoms with E-state index in [9.17, 15) is 0 Å². The summed E-state index contributed by atoms with van der Waals surface area (Å²) in [5.74, 6) is 0.769. The van der Waals surface area contributed by atoms with E-state index < -0.39 is 0 Å². The molecule has 0 aliphatic carbocycles. The van der Waals surface area contributed by atoms with Gasteiger partial charge in [-0.25, -0.2) is 4.98 Å². The van der Waals surface area contributed by atoms with Gasteiger partial charge in [-0.2, -0.15) is 15.0 Å². The maximum absolute atomic E-state index is 5.71. The van der Waals surface area contributed by atoms with Crippen molar-refractivity contribution in [3.63, 3.8) is 0 Å². The van der Waals surface area contributed by atoms with Crippen LogP contribution in [0.2, 0.25) is 0 Å². The van der Waals surface area contributed by atoms with Crippen molar-refractivity contribution < 1.29 is 4.42 Å². The van der Waals surface area contributed by atoms with E-state index >= 15 is 0 Å². The summed E-state index contributed by atoms with van der Waals surface area (Å²) in [5.41, 5.74) is 6.53. The van der Waals surface area contributed by atoms with E-state index in [1.165, 1.54) is 11.8 Å². The van der Waals surface area contributed by atoms with E-state index in [1.54, 1.807) is 6.26 Å². The van der Waals surface area contributed by atoms with Gasteiger partial charge in [0.1, 0.15) is 6.26 Å². The molecule has 0 aliphatic rings. The first-order valence-electron chi connectivity index (χ1n) is 5.98. The molecule has 0 amide bonds. The molecule has 0 saturated heterocycles. The molecule has 0 fully saturated rings. The largest absolute Gasteiger partial charge is 0.439 e. The number of nitrogen functional groups attached to an aromatic ring is 1. The molecule has 0 aromatic carbocycles. The normalized spacial score (nSPS) is 10.7. The molecule has 0 aliphatic heterocycles. The van der Waals surface area contributed by atoms with Gasteiger partial charge in [0, 0.05) is 24.9 Å². The minimum Gasteiger partial charge on any atom is -0.439 e. The molecule has 0 radical (unpaired) electrons. The fourth-order valence-corrected chi connectivity index (χ4v) is 2.22. The number of anilines is 2. The molecule has 0 spiro atoms. The Kier molecular flexibility index (Phi) is 4.20. The summed E-state index contributed by atoms with van der Waals surface area (Å²) < 4.78 is 5.26. The van der Waals surface area contributed by atoms with E-state index in [1.807, 2.05) is 25.7 Å². The lowest BCUT2D eigenvalue weighted by Crippen LogP contribution is -2.25. The molecule has 2 aromatic heterocycles. The van der Waals surface area contributed by atoms with E-state index in [0.29, 0.717) is 16.3 Å². The SMILES string of the molecule is CCN(CC)c1nc(N)nc(Sc2nc(C)co2)n1. The summed E-state index contributed by atoms with van der Waals surface area (Å²) >= 11 is 1.23. The fraction of sp³-hybridized carbons (Fsp3) is 0.455. The summed E-state index contributed by atoms with van der Waals surface area (Å²) in [6.07, 6.45) is 1.58. The van der Waals surface area contributed by atoms with Gasteiger partial charge in [-0.1, -0.05) is 0 Å². The predicted octanol–water partition coefficient (Wildman–Crippen LogP) is 1.75. The van der Waals surface area contributed by atoms with Gasteiger partial charge >= 0.3 is 0 Å². The lowest BCUT2D eigenvalue weighted by molar-refractivity contribution is 0.453. The number of nitrogens with two attached hydrogens (primary N) is 1. The zero-order valence-electron chi connectivity index (χ0n) is 11.1. The Labute approximate surface area is 115 Å². The van der Waals surface area contributed by atoms with Gasteiger partial charge in [-0.15, -0.1) is 0 Å². The molecular formula is C11H16N6OS. The molecule has 2 N–H and O–H groups in total. The highest BCUT2D eigenvalue weighted by Gasteiger charge is 2.12. The van der Waals surface area contributed by atoms with Gasteiger partial charge < -0.3 is 15.1 Å². The van der Waals surface area contributed by atoms with Crippen molar-refractivity contribution in [2.75, 3.05) is 23.7 Å². The fourth-order valence-electron chi connectivity index (χ4n) is 1.51. The van der Waals surface area contributed by atoms with Crippen molar-refractivity contribution in [2.45, 2.75) is 31.2 Å². The molecule has 0 atom stereocenters. The first-order valence-corrected chi connectivity index (χ1v) is 6.80. The Balaban J connectivity index is 2.25. The average molecular weight is 280 g/mol. The third-order valence-electron chi connectivity index (χ3n) is 2.44. The molecule has 2 rings (SSSR count). The molecular weight excluding hydrogens is 264 g/mol. The number of aromatic nitrogens is 4. The van der Waals surface area contributed by atoms with Gasteiger partial charge in [0.2, 0.25) is 17.1 Å². The Morgan fingerprint density at radius 1 is 1.21 bits per heavy atom. The van der Waals surface area contributed by atoms with Crippen molar-refractivity contribution in [1.82, 2.24) is 19.9 Å². The number of rotatable bonds is 5. The zero-order valence-corrected chi connectivity index (χ0v) is 11.9. The number of hydrogen-bond acceptors (Lipinski definition) is 8. The molecule has 8 heteroatoms. The molecule has 7 nitrogen and oxygen atoms in total. The minimum absolute atomic E-state index is 0.197. The van der Waals surface area contributed by atoms with Gasteiger partial charge in [0.05, 0.1) is 5.69 Å². The quantitative estimate of drug-likeness (QED) is 0.885. The molecule has 0 saturated carbocycles. The van der Waals surface area contributed by atoms with Crippen LogP contribution >= 0.6 is 11.8 Å². The maximum Gasteiger partial charge on any atom is 0.263 e. The Morgan fingerprint density at radius 3 is 2.53 bits per heavy atom. The molecule has 2 heterocycles. The molecule has 102 valence electrons. The van der Waals surface area contributed by atoms with Crippen molar-refractivity contribution in [1.29, 1.82) is 0 Å². The Bertz CT molecular complexity index is 554. The van der Waals surface area contributed by atoms with Crippen molar-refractivity contribution in [2.24, 2.45) is 0 Å². The number of nitrogens with zero attached hydrogens (tertiary/aromatic N) is 5. The third-order valence-corrected chi connectivity index (χ3v) is 3.17. The maximum atomic E-state index is 5.71. The van der Waals surface area contributed by atoms with E-state index in [4.69, 9.17) is 10.2 Å². The van der Waals surface area contributed by atoms with Gasteiger partial charge in [0.25, 0.3) is 5.22 Å². The minimum atomic E-state index is 0.197. The van der Waals surface area contributed by atoms with Crippen LogP contribution in [0.3, 0.4) is 0 Å². The van der Waals surface area contributed by atoms with E-state index in [0.717, 1.165) is 18.8 Å². The highest BCUT2D eigenvalue weighted by molar-refractivity contribution is 7.98. The number of aryl methyl sites for hydroxylation is 1. The number of hydrogen-bond donors (Lipinski definition) is 1. The lowest BCUT2D eigenvalue weighted by atomic mass is 10.5. The van der Waals surface area contributed by atoms with Crippen LogP contribution in [-0.2, 0) is 0 Å². The summed E-state index contributed by atoms with van der Waals surface area (Å²) in [5, 5.41) is 0.977. The second-order valence-electron chi connectivity index (χ2n) is 3.81. The highest BCUT2D eigenvalue weighted by atomic mass is 32.2. The van der Waals surface area contributed by atoms with Crippen LogP contribution in [0.5, 0.6) is 0 Å². The summed E-state index contributed by atoms with van der Waals surface area (Å²) in [6.45, 7) is 7.54. The molecule has 19 heavy (non-hydrogen) atoms. The second kappa shape index (κ2) is 5.87. The van der Waals surface area contributed by atoms with Crippen LogP contribution in [0, 0.1) is 6.92 Å². The zero-order chi connectivity index (χ0) is 13.8. The van der Waals surface area contributed by atoms with Crippen LogP contribution in [-0.4, -0.2) is 33.0 Å². The smallest absolute Gasteiger partial charge is 0.263 e. The number of oxazole rings is 1. The van der Waals surface area contributed by atoms with Crippen LogP contribution in [0.4, 0.5) is 11.9 Å². The summed E-state index contributed by atoms with van der Waals surface area (Å²) in [6, 6.07) is 0. The first kappa shape index (κ1) is 13.6. The van der Waals surface area contributed by atoms with Crippen molar-refractivity contribution in [3.05, 3.63) is 12.0 Å². The first-order chi connectivity index (χ1) is 9.12. The predicted molar refractivity (Wildman–Crippen MR) is 73.2 cm³/mol. The van der Waals surface area contributed by atoms with E-state index in [-0.39, 0.29) is 5.95 Å². The molecule has 2 aromatic rings. The van der Waals surface area contributed by atoms with Crippen LogP contribution in [0.15, 0.2) is 21.1 Å². The average Bonchev–Trinajstić information content (AvgIpc) is 2.75. The monoisotopic (exact) mass is 280 g/mol. The lowest BCUT2D eigenvalue weighted by Gasteiger charge is -2.18. The van der Waals surface area contributed by atoms with Crippen LogP contribution in [0.1, 0.15) is 19.5 Å². The highest BCUT2D eigenvalue weighted by Crippen LogP contribution is 2.25. The summed E-state index contributed by atoms with van der Waals surface area (Å²) in [4.78, 5) is 18.8. The van der Waals surface area contributed by atoms with Crippen molar-refractivity contribution >= 4 is 23.7 Å². The van der Waals surface area contributed by atoms with Crippen molar-refractivity contribution in [3.8, 4) is 0 Å². The van der Waals surface area contributed by atoms with Crippen LogP contribution in [0.25, 0.3) is 0 Å². The second-order valence-corrected chi connectivity index (χ2v) is 4.72. The molecule has 0 unspecified atom stereocenters.